The van der Waals surface area contributed by atoms with Crippen LogP contribution in [0, 0.1) is 22.0 Å². The number of hydrogen-bond donors (Lipinski definition) is 1. The number of para-hydroxylation sites is 1. The average molecular weight is 313 g/mol. The Kier molecular flexibility index (Phi) is 4.60. The molecule has 0 amide bonds. The number of benzene rings is 1. The van der Waals surface area contributed by atoms with Crippen LogP contribution in [0.3, 0.4) is 0 Å². The zero-order valence-electron chi connectivity index (χ0n) is 11.8. The maximum Gasteiger partial charge on any atom is 0.289 e. The summed E-state index contributed by atoms with van der Waals surface area (Å²) >= 11 is 0. The Morgan fingerprint density at radius 1 is 1.43 bits per heavy atom. The minimum Gasteiger partial charge on any atom is -0.330 e. The lowest BCUT2D eigenvalue weighted by Crippen LogP contribution is -2.44. The molecule has 0 radical (unpaired) electrons. The first-order valence-corrected chi connectivity index (χ1v) is 8.25. The second kappa shape index (κ2) is 6.08. The normalized spacial score (nSPS) is 23.9. The minimum atomic E-state index is -3.85. The quantitative estimate of drug-likeness (QED) is 0.664. The molecule has 1 saturated heterocycles. The van der Waals surface area contributed by atoms with Gasteiger partial charge in [-0.3, -0.25) is 10.1 Å². The molecule has 7 nitrogen and oxygen atoms in total. The zero-order valence-corrected chi connectivity index (χ0v) is 12.6. The van der Waals surface area contributed by atoms with Crippen molar-refractivity contribution in [2.45, 2.75) is 18.2 Å². The van der Waals surface area contributed by atoms with Crippen LogP contribution in [0.1, 0.15) is 13.3 Å². The van der Waals surface area contributed by atoms with Crippen molar-refractivity contribution < 1.29 is 13.3 Å². The molecular formula is C13H19N3O4S. The van der Waals surface area contributed by atoms with E-state index < -0.39 is 14.9 Å². The predicted molar refractivity (Wildman–Crippen MR) is 78.2 cm³/mol. The summed E-state index contributed by atoms with van der Waals surface area (Å²) in [5.41, 5.74) is 5.28. The summed E-state index contributed by atoms with van der Waals surface area (Å²) in [6.45, 7) is 3.18. The highest BCUT2D eigenvalue weighted by atomic mass is 32.2. The molecule has 0 bridgehead atoms. The van der Waals surface area contributed by atoms with Crippen molar-refractivity contribution in [3.05, 3.63) is 34.4 Å². The fraction of sp³-hybridized carbons (Fsp3) is 0.538. The molecule has 1 aliphatic heterocycles. The highest BCUT2D eigenvalue weighted by Gasteiger charge is 2.36. The van der Waals surface area contributed by atoms with Crippen LogP contribution in [-0.4, -0.2) is 37.3 Å². The first-order valence-electron chi connectivity index (χ1n) is 6.81. The maximum atomic E-state index is 12.6. The van der Waals surface area contributed by atoms with Gasteiger partial charge in [0.15, 0.2) is 4.90 Å². The SMILES string of the molecule is CC1CN(S(=O)(=O)c2ccccc2[N+](=O)[O-])CCC1CN. The van der Waals surface area contributed by atoms with Crippen LogP contribution < -0.4 is 5.73 Å². The largest absolute Gasteiger partial charge is 0.330 e. The van der Waals surface area contributed by atoms with Gasteiger partial charge < -0.3 is 5.73 Å². The van der Waals surface area contributed by atoms with E-state index >= 15 is 0 Å². The average Bonchev–Trinajstić information content (AvgIpc) is 2.47. The van der Waals surface area contributed by atoms with E-state index in [0.29, 0.717) is 32.0 Å². The van der Waals surface area contributed by atoms with E-state index in [1.807, 2.05) is 6.92 Å². The number of nitrogens with zero attached hydrogens (tertiary/aromatic N) is 2. The first-order chi connectivity index (χ1) is 9.87. The Bertz CT molecular complexity index is 632. The van der Waals surface area contributed by atoms with Crippen molar-refractivity contribution in [1.82, 2.24) is 4.31 Å². The van der Waals surface area contributed by atoms with Crippen molar-refractivity contribution in [3.8, 4) is 0 Å². The van der Waals surface area contributed by atoms with E-state index in [9.17, 15) is 18.5 Å². The fourth-order valence-corrected chi connectivity index (χ4v) is 4.40. The second-order valence-electron chi connectivity index (χ2n) is 5.35. The van der Waals surface area contributed by atoms with Crippen LogP contribution in [0.2, 0.25) is 0 Å². The van der Waals surface area contributed by atoms with Gasteiger partial charge in [0.1, 0.15) is 0 Å². The third-order valence-corrected chi connectivity index (χ3v) is 5.94. The third-order valence-electron chi connectivity index (χ3n) is 4.03. The van der Waals surface area contributed by atoms with Gasteiger partial charge in [-0.1, -0.05) is 19.1 Å². The van der Waals surface area contributed by atoms with Crippen LogP contribution in [0.4, 0.5) is 5.69 Å². The molecule has 2 unspecified atom stereocenters. The summed E-state index contributed by atoms with van der Waals surface area (Å²) in [6, 6.07) is 5.45. The van der Waals surface area contributed by atoms with Crippen LogP contribution in [0.5, 0.6) is 0 Å². The molecule has 1 aromatic carbocycles. The van der Waals surface area contributed by atoms with Gasteiger partial charge in [-0.2, -0.15) is 4.31 Å². The van der Waals surface area contributed by atoms with Gasteiger partial charge in [-0.05, 0) is 30.9 Å². The first kappa shape index (κ1) is 15.9. The maximum absolute atomic E-state index is 12.6. The van der Waals surface area contributed by atoms with Gasteiger partial charge in [0.05, 0.1) is 4.92 Å². The highest BCUT2D eigenvalue weighted by molar-refractivity contribution is 7.89. The monoisotopic (exact) mass is 313 g/mol. The lowest BCUT2D eigenvalue weighted by molar-refractivity contribution is -0.387. The Morgan fingerprint density at radius 3 is 2.67 bits per heavy atom. The number of nitro benzene ring substituents is 1. The van der Waals surface area contributed by atoms with E-state index in [-0.39, 0.29) is 16.5 Å². The molecule has 0 saturated carbocycles. The van der Waals surface area contributed by atoms with Crippen molar-refractivity contribution in [2.75, 3.05) is 19.6 Å². The van der Waals surface area contributed by atoms with E-state index in [4.69, 9.17) is 5.73 Å². The van der Waals surface area contributed by atoms with Crippen molar-refractivity contribution >= 4 is 15.7 Å². The molecule has 2 atom stereocenters. The van der Waals surface area contributed by atoms with Crippen LogP contribution >= 0.6 is 0 Å². The number of piperidine rings is 1. The second-order valence-corrected chi connectivity index (χ2v) is 7.26. The predicted octanol–water partition coefficient (Wildman–Crippen LogP) is 1.20. The number of hydrogen-bond acceptors (Lipinski definition) is 5. The van der Waals surface area contributed by atoms with Crippen LogP contribution in [0.15, 0.2) is 29.2 Å². The minimum absolute atomic E-state index is 0.140. The lowest BCUT2D eigenvalue weighted by Gasteiger charge is -2.35. The van der Waals surface area contributed by atoms with Gasteiger partial charge >= 0.3 is 0 Å². The van der Waals surface area contributed by atoms with Crippen LogP contribution in [-0.2, 0) is 10.0 Å². The summed E-state index contributed by atoms with van der Waals surface area (Å²) < 4.78 is 26.6. The highest BCUT2D eigenvalue weighted by Crippen LogP contribution is 2.31. The van der Waals surface area contributed by atoms with E-state index in [2.05, 4.69) is 0 Å². The third kappa shape index (κ3) is 3.07. The molecule has 2 N–H and O–H groups in total. The van der Waals surface area contributed by atoms with Crippen LogP contribution in [0.25, 0.3) is 0 Å². The molecule has 2 rings (SSSR count). The topological polar surface area (TPSA) is 107 Å². The molecule has 21 heavy (non-hydrogen) atoms. The molecule has 0 spiro atoms. The van der Waals surface area contributed by atoms with Gasteiger partial charge in [0.2, 0.25) is 10.0 Å². The fourth-order valence-electron chi connectivity index (χ4n) is 2.69. The molecule has 0 aliphatic carbocycles. The molecule has 0 aromatic heterocycles. The molecule has 1 heterocycles. The summed E-state index contributed by atoms with van der Waals surface area (Å²) in [4.78, 5) is 10.1. The number of rotatable bonds is 4. The van der Waals surface area contributed by atoms with Crippen molar-refractivity contribution in [1.29, 1.82) is 0 Å². The Balaban J connectivity index is 2.34. The van der Waals surface area contributed by atoms with Gasteiger partial charge in [-0.25, -0.2) is 8.42 Å². The van der Waals surface area contributed by atoms with E-state index in [1.165, 1.54) is 28.6 Å². The number of nitro groups is 1. The summed E-state index contributed by atoms with van der Waals surface area (Å²) in [5, 5.41) is 11.0. The van der Waals surface area contributed by atoms with Crippen molar-refractivity contribution in [2.24, 2.45) is 17.6 Å². The van der Waals surface area contributed by atoms with Gasteiger partial charge in [0.25, 0.3) is 5.69 Å². The Morgan fingerprint density at radius 2 is 2.10 bits per heavy atom. The van der Waals surface area contributed by atoms with Gasteiger partial charge in [0, 0.05) is 19.2 Å². The summed E-state index contributed by atoms with van der Waals surface area (Å²) in [7, 11) is -3.85. The summed E-state index contributed by atoms with van der Waals surface area (Å²) in [6.07, 6.45) is 0.678. The molecule has 1 aliphatic rings. The summed E-state index contributed by atoms with van der Waals surface area (Å²) in [5.74, 6) is 0.434. The standard InChI is InChI=1S/C13H19N3O4S/c1-10-9-15(7-6-11(10)8-14)21(19,20)13-5-3-2-4-12(13)16(17)18/h2-5,10-11H,6-9,14H2,1H3. The lowest BCUT2D eigenvalue weighted by atomic mass is 9.88. The molecule has 1 fully saturated rings. The van der Waals surface area contributed by atoms with E-state index in [0.717, 1.165) is 0 Å². The smallest absolute Gasteiger partial charge is 0.289 e. The zero-order chi connectivity index (χ0) is 15.6. The molecule has 8 heteroatoms. The van der Waals surface area contributed by atoms with Crippen molar-refractivity contribution in [3.63, 3.8) is 0 Å². The Hall–Kier alpha value is -1.51. The number of nitrogens with two attached hydrogens (primary N) is 1. The Labute approximate surface area is 123 Å². The molecular weight excluding hydrogens is 294 g/mol. The molecule has 1 aromatic rings. The van der Waals surface area contributed by atoms with Gasteiger partial charge in [-0.15, -0.1) is 0 Å². The van der Waals surface area contributed by atoms with E-state index in [1.54, 1.807) is 0 Å². The number of sulfonamides is 1. The molecule has 116 valence electrons.